The molecule has 3 atom stereocenters. The normalized spacial score (nSPS) is 22.5. The molecule has 0 bridgehead atoms. The molecule has 0 radical (unpaired) electrons. The van der Waals surface area contributed by atoms with E-state index < -0.39 is 6.10 Å². The Labute approximate surface area is 182 Å². The van der Waals surface area contributed by atoms with Crippen molar-refractivity contribution < 1.29 is 14.6 Å². The van der Waals surface area contributed by atoms with E-state index in [0.717, 1.165) is 29.4 Å². The fourth-order valence-corrected chi connectivity index (χ4v) is 4.49. The van der Waals surface area contributed by atoms with E-state index in [1.54, 1.807) is 0 Å². The summed E-state index contributed by atoms with van der Waals surface area (Å²) < 4.78 is 5.80. The van der Waals surface area contributed by atoms with Gasteiger partial charge in [-0.2, -0.15) is 0 Å². The third-order valence-electron chi connectivity index (χ3n) is 5.86. The standard InChI is InChI=1S/C23H28ClN3O3/c1-15-11-26(19-5-3-18(24)4-6-19)12-16(2)27(15)13-20(28)14-30-21-7-8-22-17(9-21)10-23(29)25-22/h3-9,15-16,20,28H,10-14H2,1-2H3,(H,25,29)/t15?,16?,20-/m0/s1. The Morgan fingerprint density at radius 2 is 1.87 bits per heavy atom. The lowest BCUT2D eigenvalue weighted by Crippen LogP contribution is -2.58. The Morgan fingerprint density at radius 1 is 1.17 bits per heavy atom. The number of halogens is 1. The van der Waals surface area contributed by atoms with Crippen molar-refractivity contribution in [3.05, 3.63) is 53.1 Å². The average molecular weight is 430 g/mol. The van der Waals surface area contributed by atoms with Crippen LogP contribution in [-0.2, 0) is 11.2 Å². The summed E-state index contributed by atoms with van der Waals surface area (Å²) in [5.74, 6) is 0.681. The third kappa shape index (κ3) is 4.72. The van der Waals surface area contributed by atoms with Crippen molar-refractivity contribution >= 4 is 28.9 Å². The first-order chi connectivity index (χ1) is 14.4. The Balaban J connectivity index is 1.30. The average Bonchev–Trinajstić information content (AvgIpc) is 3.09. The minimum absolute atomic E-state index is 0.00269. The molecule has 30 heavy (non-hydrogen) atoms. The quantitative estimate of drug-likeness (QED) is 0.738. The van der Waals surface area contributed by atoms with Crippen molar-refractivity contribution in [2.24, 2.45) is 0 Å². The molecule has 0 aliphatic carbocycles. The first-order valence-electron chi connectivity index (χ1n) is 10.4. The van der Waals surface area contributed by atoms with Crippen LogP contribution in [-0.4, -0.2) is 60.3 Å². The van der Waals surface area contributed by atoms with Gasteiger partial charge in [0.05, 0.1) is 6.42 Å². The van der Waals surface area contributed by atoms with E-state index in [2.05, 4.69) is 41.1 Å². The molecule has 6 nitrogen and oxygen atoms in total. The SMILES string of the molecule is CC1CN(c2ccc(Cl)cc2)CC(C)N1C[C@H](O)COc1ccc2c(c1)CC(=O)N2. The summed E-state index contributed by atoms with van der Waals surface area (Å²) in [6.45, 7) is 6.95. The van der Waals surface area contributed by atoms with Gasteiger partial charge in [-0.05, 0) is 61.9 Å². The predicted octanol–water partition coefficient (Wildman–Crippen LogP) is 3.17. The molecule has 2 aromatic rings. The number of anilines is 2. The number of β-amino-alcohol motifs (C(OH)–C–C–N with tert-alkyl or cyclic N) is 1. The van der Waals surface area contributed by atoms with Crippen molar-refractivity contribution in [2.45, 2.75) is 38.5 Å². The van der Waals surface area contributed by atoms with Crippen LogP contribution in [0.2, 0.25) is 5.02 Å². The molecular formula is C23H28ClN3O3. The van der Waals surface area contributed by atoms with Crippen LogP contribution in [0.25, 0.3) is 0 Å². The number of hydrogen-bond acceptors (Lipinski definition) is 5. The number of nitrogens with zero attached hydrogens (tertiary/aromatic N) is 2. The molecule has 2 heterocycles. The molecule has 0 spiro atoms. The molecule has 0 saturated carbocycles. The lowest BCUT2D eigenvalue weighted by Gasteiger charge is -2.46. The Hall–Kier alpha value is -2.28. The van der Waals surface area contributed by atoms with E-state index in [0.29, 0.717) is 30.8 Å². The third-order valence-corrected chi connectivity index (χ3v) is 6.11. The second kappa shape index (κ2) is 8.84. The zero-order valence-corrected chi connectivity index (χ0v) is 18.1. The second-order valence-electron chi connectivity index (χ2n) is 8.28. The fourth-order valence-electron chi connectivity index (χ4n) is 4.36. The van der Waals surface area contributed by atoms with Gasteiger partial charge in [0.15, 0.2) is 0 Å². The predicted molar refractivity (Wildman–Crippen MR) is 120 cm³/mol. The maximum atomic E-state index is 11.5. The summed E-state index contributed by atoms with van der Waals surface area (Å²) in [5, 5.41) is 14.1. The number of aliphatic hydroxyl groups excluding tert-OH is 1. The van der Waals surface area contributed by atoms with E-state index in [-0.39, 0.29) is 12.5 Å². The Morgan fingerprint density at radius 3 is 2.57 bits per heavy atom. The lowest BCUT2D eigenvalue weighted by atomic mass is 10.1. The largest absolute Gasteiger partial charge is 0.491 e. The topological polar surface area (TPSA) is 65.0 Å². The van der Waals surface area contributed by atoms with Crippen molar-refractivity contribution in [1.82, 2.24) is 4.90 Å². The summed E-state index contributed by atoms with van der Waals surface area (Å²) >= 11 is 6.01. The maximum Gasteiger partial charge on any atom is 0.228 e. The van der Waals surface area contributed by atoms with Gasteiger partial charge in [-0.3, -0.25) is 9.69 Å². The lowest BCUT2D eigenvalue weighted by molar-refractivity contribution is -0.115. The first-order valence-corrected chi connectivity index (χ1v) is 10.8. The van der Waals surface area contributed by atoms with Crippen LogP contribution in [0.1, 0.15) is 19.4 Å². The smallest absolute Gasteiger partial charge is 0.228 e. The maximum absolute atomic E-state index is 11.5. The van der Waals surface area contributed by atoms with E-state index in [1.165, 1.54) is 5.69 Å². The number of nitrogens with one attached hydrogen (secondary N) is 1. The van der Waals surface area contributed by atoms with Gasteiger partial charge in [-0.15, -0.1) is 0 Å². The summed E-state index contributed by atoms with van der Waals surface area (Å²) in [6.07, 6.45) is -0.216. The molecule has 2 aromatic carbocycles. The summed E-state index contributed by atoms with van der Waals surface area (Å²) in [6, 6.07) is 14.1. The number of benzene rings is 2. The Bertz CT molecular complexity index is 893. The van der Waals surface area contributed by atoms with Crippen LogP contribution >= 0.6 is 11.6 Å². The van der Waals surface area contributed by atoms with Crippen LogP contribution < -0.4 is 15.0 Å². The number of ether oxygens (including phenoxy) is 1. The molecule has 1 fully saturated rings. The highest BCUT2D eigenvalue weighted by Gasteiger charge is 2.31. The van der Waals surface area contributed by atoms with Crippen LogP contribution in [0, 0.1) is 0 Å². The highest BCUT2D eigenvalue weighted by Crippen LogP contribution is 2.28. The van der Waals surface area contributed by atoms with E-state index in [1.807, 2.05) is 30.3 Å². The van der Waals surface area contributed by atoms with E-state index in [9.17, 15) is 9.90 Å². The van der Waals surface area contributed by atoms with Gasteiger partial charge in [0.25, 0.3) is 0 Å². The van der Waals surface area contributed by atoms with Crippen LogP contribution in [0.3, 0.4) is 0 Å². The molecule has 2 N–H and O–H groups in total. The summed E-state index contributed by atoms with van der Waals surface area (Å²) in [5.41, 5.74) is 2.95. The van der Waals surface area contributed by atoms with Crippen LogP contribution in [0.5, 0.6) is 5.75 Å². The number of aliphatic hydroxyl groups is 1. The molecule has 1 amide bonds. The molecular weight excluding hydrogens is 402 g/mol. The van der Waals surface area contributed by atoms with Gasteiger partial charge in [0, 0.05) is 48.1 Å². The fraction of sp³-hybridized carbons (Fsp3) is 0.435. The zero-order valence-electron chi connectivity index (χ0n) is 17.3. The number of piperazine rings is 1. The summed E-state index contributed by atoms with van der Waals surface area (Å²) in [4.78, 5) is 16.2. The van der Waals surface area contributed by atoms with Crippen molar-refractivity contribution in [1.29, 1.82) is 0 Å². The molecule has 1 saturated heterocycles. The number of carbonyl (C=O) groups excluding carboxylic acids is 1. The monoisotopic (exact) mass is 429 g/mol. The van der Waals surface area contributed by atoms with Gasteiger partial charge in [0.1, 0.15) is 18.5 Å². The Kier molecular flexibility index (Phi) is 6.18. The van der Waals surface area contributed by atoms with Gasteiger partial charge in [-0.25, -0.2) is 0 Å². The van der Waals surface area contributed by atoms with Gasteiger partial charge < -0.3 is 20.1 Å². The van der Waals surface area contributed by atoms with E-state index >= 15 is 0 Å². The highest BCUT2D eigenvalue weighted by atomic mass is 35.5. The summed E-state index contributed by atoms with van der Waals surface area (Å²) in [7, 11) is 0. The molecule has 0 aromatic heterocycles. The van der Waals surface area contributed by atoms with Gasteiger partial charge in [-0.1, -0.05) is 11.6 Å². The molecule has 2 aliphatic rings. The second-order valence-corrected chi connectivity index (χ2v) is 8.72. The number of amides is 1. The van der Waals surface area contributed by atoms with Crippen molar-refractivity contribution in [2.75, 3.05) is 36.5 Å². The molecule has 2 unspecified atom stereocenters. The van der Waals surface area contributed by atoms with Crippen molar-refractivity contribution in [3.63, 3.8) is 0 Å². The minimum Gasteiger partial charge on any atom is -0.491 e. The van der Waals surface area contributed by atoms with Gasteiger partial charge >= 0.3 is 0 Å². The number of hydrogen-bond donors (Lipinski definition) is 2. The van der Waals surface area contributed by atoms with Crippen molar-refractivity contribution in [3.8, 4) is 5.75 Å². The molecule has 4 rings (SSSR count). The zero-order chi connectivity index (χ0) is 21.3. The molecule has 7 heteroatoms. The minimum atomic E-state index is -0.593. The number of rotatable bonds is 6. The van der Waals surface area contributed by atoms with Crippen LogP contribution in [0.4, 0.5) is 11.4 Å². The number of fused-ring (bicyclic) bond motifs is 1. The van der Waals surface area contributed by atoms with E-state index in [4.69, 9.17) is 16.3 Å². The molecule has 2 aliphatic heterocycles. The number of carbonyl (C=O) groups is 1. The molecule has 160 valence electrons. The first kappa shape index (κ1) is 21.0. The van der Waals surface area contributed by atoms with Gasteiger partial charge in [0.2, 0.25) is 5.91 Å². The van der Waals surface area contributed by atoms with Crippen LogP contribution in [0.15, 0.2) is 42.5 Å². The highest BCUT2D eigenvalue weighted by molar-refractivity contribution is 6.30.